The lowest BCUT2D eigenvalue weighted by Gasteiger charge is -2.23. The first kappa shape index (κ1) is 13.2. The number of carbonyl (C=O) groups is 1. The van der Waals surface area contributed by atoms with Crippen molar-refractivity contribution in [3.63, 3.8) is 0 Å². The van der Waals surface area contributed by atoms with Crippen molar-refractivity contribution in [1.29, 1.82) is 0 Å². The van der Waals surface area contributed by atoms with Crippen molar-refractivity contribution in [2.45, 2.75) is 25.4 Å². The zero-order valence-corrected chi connectivity index (χ0v) is 7.65. The van der Waals surface area contributed by atoms with Crippen molar-refractivity contribution in [3.8, 4) is 0 Å². The molecule has 0 aliphatic heterocycles. The maximum absolute atomic E-state index is 12.9. The van der Waals surface area contributed by atoms with Crippen molar-refractivity contribution < 1.29 is 31.8 Å². The number of alkyl halides is 4. The van der Waals surface area contributed by atoms with Crippen LogP contribution in [0.2, 0.25) is 0 Å². The minimum atomic E-state index is -5.44. The van der Waals surface area contributed by atoms with E-state index < -0.39 is 18.0 Å². The van der Waals surface area contributed by atoms with Gasteiger partial charge in [-0.3, -0.25) is 0 Å². The number of methoxy groups -OCH3 is 1. The van der Waals surface area contributed by atoms with Gasteiger partial charge in [0.1, 0.15) is 0 Å². The van der Waals surface area contributed by atoms with Crippen LogP contribution >= 0.6 is 0 Å². The van der Waals surface area contributed by atoms with Gasteiger partial charge in [-0.2, -0.15) is 17.6 Å². The van der Waals surface area contributed by atoms with Gasteiger partial charge >= 0.3 is 18.0 Å². The monoisotopic (exact) mass is 218 g/mol. The molecule has 1 atom stereocenters. The summed E-state index contributed by atoms with van der Waals surface area (Å²) in [7, 11) is 0.445. The maximum atomic E-state index is 12.9. The van der Waals surface area contributed by atoms with Gasteiger partial charge in [0, 0.05) is 7.11 Å². The van der Waals surface area contributed by atoms with E-state index >= 15 is 0 Å². The van der Waals surface area contributed by atoms with E-state index in [0.29, 0.717) is 13.5 Å². The van der Waals surface area contributed by atoms with Gasteiger partial charge < -0.3 is 9.47 Å². The second-order valence-corrected chi connectivity index (χ2v) is 2.43. The first-order valence-corrected chi connectivity index (χ1v) is 3.77. The van der Waals surface area contributed by atoms with Crippen LogP contribution in [-0.2, 0) is 14.3 Å². The van der Waals surface area contributed by atoms with Gasteiger partial charge in [0.15, 0.2) is 0 Å². The molecule has 0 saturated heterocycles. The van der Waals surface area contributed by atoms with Crippen LogP contribution < -0.4 is 0 Å². The summed E-state index contributed by atoms with van der Waals surface area (Å²) in [5, 5.41) is 0. The molecule has 0 fully saturated rings. The Morgan fingerprint density at radius 2 is 1.79 bits per heavy atom. The number of ether oxygens (including phenoxy) is 2. The fraction of sp³-hybridized carbons (Fsp3) is 0.857. The molecule has 0 aromatic heterocycles. The quantitative estimate of drug-likeness (QED) is 0.533. The lowest BCUT2D eigenvalue weighted by molar-refractivity contribution is -0.316. The molecule has 0 spiro atoms. The Hall–Kier alpha value is -0.850. The average molecular weight is 218 g/mol. The second kappa shape index (κ2) is 4.59. The van der Waals surface area contributed by atoms with Crippen LogP contribution in [0, 0.1) is 0 Å². The van der Waals surface area contributed by atoms with E-state index in [9.17, 15) is 22.4 Å². The summed E-state index contributed by atoms with van der Waals surface area (Å²) in [6.45, 7) is 1.28. The van der Waals surface area contributed by atoms with E-state index in [1.54, 1.807) is 6.92 Å². The van der Waals surface area contributed by atoms with Crippen molar-refractivity contribution in [2.24, 2.45) is 0 Å². The lowest BCUT2D eigenvalue weighted by atomic mass is 10.3. The third-order valence-electron chi connectivity index (χ3n) is 1.35. The summed E-state index contributed by atoms with van der Waals surface area (Å²) >= 11 is 0. The first-order chi connectivity index (χ1) is 6.29. The van der Waals surface area contributed by atoms with Crippen LogP contribution in [0.1, 0.15) is 13.3 Å². The molecule has 0 aromatic carbocycles. The number of halogens is 4. The molecule has 0 heterocycles. The molecule has 0 aliphatic carbocycles. The summed E-state index contributed by atoms with van der Waals surface area (Å²) in [5.41, 5.74) is 0. The van der Waals surface area contributed by atoms with E-state index in [1.165, 1.54) is 0 Å². The van der Waals surface area contributed by atoms with Crippen molar-refractivity contribution >= 4 is 5.97 Å². The van der Waals surface area contributed by atoms with Gasteiger partial charge in [0.2, 0.25) is 0 Å². The Kier molecular flexibility index (Phi) is 4.31. The van der Waals surface area contributed by atoms with Crippen LogP contribution in [0.3, 0.4) is 0 Å². The molecule has 7 heteroatoms. The molecule has 0 bridgehead atoms. The summed E-state index contributed by atoms with van der Waals surface area (Å²) < 4.78 is 56.4. The Labute approximate surface area is 78.0 Å². The van der Waals surface area contributed by atoms with Crippen LogP contribution in [-0.4, -0.2) is 31.7 Å². The Morgan fingerprint density at radius 1 is 1.29 bits per heavy atom. The molecule has 3 nitrogen and oxygen atoms in total. The van der Waals surface area contributed by atoms with Gasteiger partial charge in [-0.05, 0) is 6.42 Å². The Morgan fingerprint density at radius 3 is 2.07 bits per heavy atom. The second-order valence-electron chi connectivity index (χ2n) is 2.43. The fourth-order valence-corrected chi connectivity index (χ4v) is 0.602. The van der Waals surface area contributed by atoms with Crippen molar-refractivity contribution in [2.75, 3.05) is 13.7 Å². The molecular weight excluding hydrogens is 208 g/mol. The van der Waals surface area contributed by atoms with E-state index in [1.807, 2.05) is 0 Å². The molecule has 0 rings (SSSR count). The average Bonchev–Trinajstić information content (AvgIpc) is 2.10. The lowest BCUT2D eigenvalue weighted by Crippen LogP contribution is -2.50. The van der Waals surface area contributed by atoms with Crippen LogP contribution in [0.5, 0.6) is 0 Å². The highest BCUT2D eigenvalue weighted by molar-refractivity contribution is 5.78. The highest BCUT2D eigenvalue weighted by Gasteiger charge is 2.64. The minimum absolute atomic E-state index is 0.288. The normalized spacial score (nSPS) is 16.1. The van der Waals surface area contributed by atoms with E-state index in [4.69, 9.17) is 0 Å². The molecule has 0 N–H and O–H groups in total. The van der Waals surface area contributed by atoms with Crippen LogP contribution in [0.15, 0.2) is 0 Å². The van der Waals surface area contributed by atoms with E-state index in [2.05, 4.69) is 9.47 Å². The Balaban J connectivity index is 4.61. The smallest absolute Gasteiger partial charge is 0.460 e. The topological polar surface area (TPSA) is 35.5 Å². The van der Waals surface area contributed by atoms with Gasteiger partial charge in [0.25, 0.3) is 0 Å². The van der Waals surface area contributed by atoms with Crippen molar-refractivity contribution in [3.05, 3.63) is 0 Å². The minimum Gasteiger partial charge on any atom is -0.461 e. The third kappa shape index (κ3) is 2.57. The number of hydrogen-bond acceptors (Lipinski definition) is 3. The van der Waals surface area contributed by atoms with E-state index in [-0.39, 0.29) is 6.61 Å². The molecule has 1 unspecified atom stereocenters. The maximum Gasteiger partial charge on any atom is 0.460 e. The van der Waals surface area contributed by atoms with Gasteiger partial charge in [0.05, 0.1) is 6.61 Å². The predicted molar refractivity (Wildman–Crippen MR) is 38.2 cm³/mol. The summed E-state index contributed by atoms with van der Waals surface area (Å²) in [6.07, 6.45) is -5.14. The summed E-state index contributed by atoms with van der Waals surface area (Å²) in [6, 6.07) is 0. The molecule has 0 aromatic rings. The molecular formula is C7H10F4O3. The summed E-state index contributed by atoms with van der Waals surface area (Å²) in [4.78, 5) is 10.7. The third-order valence-corrected chi connectivity index (χ3v) is 1.35. The molecule has 0 saturated carbocycles. The standard InChI is InChI=1S/C7H10F4O3/c1-3-4-14-5(12)6(8,13-2)7(9,10)11/h3-4H2,1-2H3. The predicted octanol–water partition coefficient (Wildman–Crippen LogP) is 1.81. The molecule has 84 valence electrons. The van der Waals surface area contributed by atoms with Crippen LogP contribution in [0.4, 0.5) is 17.6 Å². The Bertz CT molecular complexity index is 204. The molecule has 14 heavy (non-hydrogen) atoms. The number of hydrogen-bond donors (Lipinski definition) is 0. The first-order valence-electron chi connectivity index (χ1n) is 3.77. The molecule has 0 radical (unpaired) electrons. The largest absolute Gasteiger partial charge is 0.461 e. The zero-order valence-electron chi connectivity index (χ0n) is 7.65. The van der Waals surface area contributed by atoms with Crippen LogP contribution in [0.25, 0.3) is 0 Å². The zero-order chi connectivity index (χ0) is 11.4. The highest BCUT2D eigenvalue weighted by Crippen LogP contribution is 2.35. The highest BCUT2D eigenvalue weighted by atomic mass is 19.4. The van der Waals surface area contributed by atoms with Gasteiger partial charge in [-0.25, -0.2) is 4.79 Å². The number of esters is 1. The van der Waals surface area contributed by atoms with Gasteiger partial charge in [-0.1, -0.05) is 6.92 Å². The summed E-state index contributed by atoms with van der Waals surface area (Å²) in [5.74, 6) is -6.45. The van der Waals surface area contributed by atoms with Gasteiger partial charge in [-0.15, -0.1) is 0 Å². The molecule has 0 amide bonds. The van der Waals surface area contributed by atoms with Crippen molar-refractivity contribution in [1.82, 2.24) is 0 Å². The molecule has 0 aliphatic rings. The van der Waals surface area contributed by atoms with E-state index in [0.717, 1.165) is 0 Å². The fourth-order valence-electron chi connectivity index (χ4n) is 0.602. The SMILES string of the molecule is CCCOC(=O)C(F)(OC)C(F)(F)F. The number of rotatable bonds is 4. The number of carbonyl (C=O) groups excluding carboxylic acids is 1.